The summed E-state index contributed by atoms with van der Waals surface area (Å²) in [4.78, 5) is 7.14. The Labute approximate surface area is 130 Å². The molecule has 0 bridgehead atoms. The van der Waals surface area contributed by atoms with Crippen LogP contribution in [0.3, 0.4) is 0 Å². The summed E-state index contributed by atoms with van der Waals surface area (Å²) in [5.74, 6) is 0.930. The molecule has 0 aromatic heterocycles. The monoisotopic (exact) mass is 304 g/mol. The average molecular weight is 305 g/mol. The van der Waals surface area contributed by atoms with Gasteiger partial charge < -0.3 is 4.43 Å². The van der Waals surface area contributed by atoms with Crippen molar-refractivity contribution in [1.82, 2.24) is 4.90 Å². The second-order valence-electron chi connectivity index (χ2n) is 6.98. The van der Waals surface area contributed by atoms with Crippen LogP contribution in [0.2, 0.25) is 19.6 Å². The lowest BCUT2D eigenvalue weighted by Gasteiger charge is -2.21. The van der Waals surface area contributed by atoms with Crippen molar-refractivity contribution in [2.75, 3.05) is 13.1 Å². The van der Waals surface area contributed by atoms with E-state index in [9.17, 15) is 0 Å². The lowest BCUT2D eigenvalue weighted by atomic mass is 10.2. The van der Waals surface area contributed by atoms with Crippen LogP contribution in [0.15, 0.2) is 23.2 Å². The SMILES string of the molecule is Cc1ccc(N=CCN2CCCC2C)c(O[Si](C)(C)C)c1. The molecule has 0 aliphatic carbocycles. The fourth-order valence-corrected chi connectivity index (χ4v) is 3.47. The Bertz CT molecular complexity index is 508. The highest BCUT2D eigenvalue weighted by molar-refractivity contribution is 6.70. The largest absolute Gasteiger partial charge is 0.543 e. The van der Waals surface area contributed by atoms with Crippen molar-refractivity contribution in [3.63, 3.8) is 0 Å². The van der Waals surface area contributed by atoms with E-state index in [1.54, 1.807) is 0 Å². The van der Waals surface area contributed by atoms with E-state index in [1.165, 1.54) is 24.9 Å². The molecule has 1 atom stereocenters. The number of benzene rings is 1. The molecule has 1 aliphatic heterocycles. The van der Waals surface area contributed by atoms with Gasteiger partial charge in [-0.3, -0.25) is 9.89 Å². The van der Waals surface area contributed by atoms with Crippen LogP contribution in [0, 0.1) is 6.92 Å². The predicted molar refractivity (Wildman–Crippen MR) is 93.6 cm³/mol. The van der Waals surface area contributed by atoms with Crippen LogP contribution >= 0.6 is 0 Å². The van der Waals surface area contributed by atoms with Gasteiger partial charge in [-0.2, -0.15) is 0 Å². The number of hydrogen-bond donors (Lipinski definition) is 0. The summed E-state index contributed by atoms with van der Waals surface area (Å²) in [5.41, 5.74) is 2.17. The molecule has 1 aromatic carbocycles. The zero-order valence-electron chi connectivity index (χ0n) is 14.0. The highest BCUT2D eigenvalue weighted by atomic mass is 28.4. The second kappa shape index (κ2) is 6.75. The van der Waals surface area contributed by atoms with E-state index in [1.807, 2.05) is 6.21 Å². The first kappa shape index (κ1) is 16.2. The van der Waals surface area contributed by atoms with Crippen molar-refractivity contribution in [3.8, 4) is 5.75 Å². The molecule has 116 valence electrons. The summed E-state index contributed by atoms with van der Waals surface area (Å²) in [6, 6.07) is 6.95. The van der Waals surface area contributed by atoms with Gasteiger partial charge in [-0.25, -0.2) is 0 Å². The first-order chi connectivity index (χ1) is 9.85. The second-order valence-corrected chi connectivity index (χ2v) is 11.4. The molecular weight excluding hydrogens is 276 g/mol. The van der Waals surface area contributed by atoms with Crippen LogP contribution in [-0.2, 0) is 0 Å². The van der Waals surface area contributed by atoms with Gasteiger partial charge >= 0.3 is 0 Å². The van der Waals surface area contributed by atoms with E-state index in [4.69, 9.17) is 4.43 Å². The maximum absolute atomic E-state index is 6.17. The van der Waals surface area contributed by atoms with Gasteiger partial charge in [0.05, 0.1) is 0 Å². The molecule has 0 radical (unpaired) electrons. The topological polar surface area (TPSA) is 24.8 Å². The van der Waals surface area contributed by atoms with Gasteiger partial charge in [0.1, 0.15) is 11.4 Å². The molecule has 1 unspecified atom stereocenters. The quantitative estimate of drug-likeness (QED) is 0.595. The predicted octanol–water partition coefficient (Wildman–Crippen LogP) is 4.40. The third-order valence-electron chi connectivity index (χ3n) is 3.77. The minimum atomic E-state index is -1.61. The summed E-state index contributed by atoms with van der Waals surface area (Å²) in [6.07, 6.45) is 4.65. The van der Waals surface area contributed by atoms with Gasteiger partial charge in [0.2, 0.25) is 8.32 Å². The van der Waals surface area contributed by atoms with Crippen molar-refractivity contribution < 1.29 is 4.43 Å². The van der Waals surface area contributed by atoms with Gasteiger partial charge in [0.15, 0.2) is 0 Å². The molecule has 3 nitrogen and oxygen atoms in total. The van der Waals surface area contributed by atoms with Crippen LogP contribution in [-0.4, -0.2) is 38.6 Å². The molecule has 0 amide bonds. The van der Waals surface area contributed by atoms with Crippen LogP contribution in [0.5, 0.6) is 5.75 Å². The van der Waals surface area contributed by atoms with E-state index in [0.717, 1.165) is 18.0 Å². The maximum atomic E-state index is 6.17. The number of nitrogens with zero attached hydrogens (tertiary/aromatic N) is 2. The fraction of sp³-hybridized carbons (Fsp3) is 0.588. The maximum Gasteiger partial charge on any atom is 0.242 e. The van der Waals surface area contributed by atoms with Gasteiger partial charge in [0.25, 0.3) is 0 Å². The van der Waals surface area contributed by atoms with Gasteiger partial charge in [-0.05, 0) is 70.6 Å². The standard InChI is InChI=1S/C17H28N2OSi/c1-14-8-9-16(17(13-14)20-21(3,4)5)18-10-12-19-11-6-7-15(19)2/h8-10,13,15H,6-7,11-12H2,1-5H3. The number of aliphatic imine (C=N–C) groups is 1. The zero-order chi connectivity index (χ0) is 15.5. The van der Waals surface area contributed by atoms with E-state index in [2.05, 4.69) is 61.6 Å². The Balaban J connectivity index is 2.08. The Morgan fingerprint density at radius 3 is 2.76 bits per heavy atom. The van der Waals surface area contributed by atoms with E-state index in [0.29, 0.717) is 6.04 Å². The minimum Gasteiger partial charge on any atom is -0.543 e. The van der Waals surface area contributed by atoms with Crippen LogP contribution in [0.1, 0.15) is 25.3 Å². The molecule has 1 aromatic rings. The van der Waals surface area contributed by atoms with Gasteiger partial charge in [0, 0.05) is 18.8 Å². The molecule has 21 heavy (non-hydrogen) atoms. The molecule has 0 N–H and O–H groups in total. The third kappa shape index (κ3) is 4.97. The minimum absolute atomic E-state index is 0.687. The number of hydrogen-bond acceptors (Lipinski definition) is 3. The molecular formula is C17H28N2OSi. The molecule has 1 saturated heterocycles. The Hall–Kier alpha value is -1.13. The summed E-state index contributed by atoms with van der Waals surface area (Å²) in [5, 5.41) is 0. The molecule has 1 heterocycles. The lowest BCUT2D eigenvalue weighted by Crippen LogP contribution is -2.29. The van der Waals surface area contributed by atoms with Crippen LogP contribution in [0.25, 0.3) is 0 Å². The van der Waals surface area contributed by atoms with Gasteiger partial charge in [-0.15, -0.1) is 0 Å². The smallest absolute Gasteiger partial charge is 0.242 e. The first-order valence-electron chi connectivity index (χ1n) is 7.91. The summed E-state index contributed by atoms with van der Waals surface area (Å²) >= 11 is 0. The van der Waals surface area contributed by atoms with Crippen LogP contribution in [0.4, 0.5) is 5.69 Å². The van der Waals surface area contributed by atoms with E-state index < -0.39 is 8.32 Å². The first-order valence-corrected chi connectivity index (χ1v) is 11.3. The van der Waals surface area contributed by atoms with Gasteiger partial charge in [-0.1, -0.05) is 6.07 Å². The van der Waals surface area contributed by atoms with E-state index in [-0.39, 0.29) is 0 Å². The average Bonchev–Trinajstić information content (AvgIpc) is 2.76. The molecule has 0 spiro atoms. The van der Waals surface area contributed by atoms with Crippen molar-refractivity contribution >= 4 is 20.2 Å². The number of rotatable bonds is 5. The Kier molecular flexibility index (Phi) is 5.22. The molecule has 1 fully saturated rings. The fourth-order valence-electron chi connectivity index (χ4n) is 2.65. The summed E-state index contributed by atoms with van der Waals surface area (Å²) < 4.78 is 6.17. The normalized spacial score (nSPS) is 20.3. The highest BCUT2D eigenvalue weighted by Gasteiger charge is 2.19. The summed E-state index contributed by atoms with van der Waals surface area (Å²) in [6.45, 7) is 13.1. The summed E-state index contributed by atoms with van der Waals surface area (Å²) in [7, 11) is -1.61. The molecule has 2 rings (SSSR count). The number of likely N-dealkylation sites (tertiary alicyclic amines) is 1. The Morgan fingerprint density at radius 1 is 1.38 bits per heavy atom. The molecule has 0 saturated carbocycles. The van der Waals surface area contributed by atoms with Crippen molar-refractivity contribution in [2.45, 2.75) is 52.4 Å². The van der Waals surface area contributed by atoms with E-state index >= 15 is 0 Å². The lowest BCUT2D eigenvalue weighted by molar-refractivity contribution is 0.309. The number of aryl methyl sites for hydroxylation is 1. The highest BCUT2D eigenvalue weighted by Crippen LogP contribution is 2.30. The van der Waals surface area contributed by atoms with Crippen molar-refractivity contribution in [1.29, 1.82) is 0 Å². The zero-order valence-corrected chi connectivity index (χ0v) is 15.0. The van der Waals surface area contributed by atoms with Crippen molar-refractivity contribution in [2.24, 2.45) is 4.99 Å². The van der Waals surface area contributed by atoms with Crippen LogP contribution < -0.4 is 4.43 Å². The Morgan fingerprint density at radius 2 is 2.14 bits per heavy atom. The van der Waals surface area contributed by atoms with Crippen molar-refractivity contribution in [3.05, 3.63) is 23.8 Å². The third-order valence-corrected chi connectivity index (χ3v) is 4.60. The molecule has 1 aliphatic rings. The molecule has 4 heteroatoms.